The summed E-state index contributed by atoms with van der Waals surface area (Å²) in [4.78, 5) is 24.5. The van der Waals surface area contributed by atoms with Crippen molar-refractivity contribution in [3.8, 4) is 0 Å². The van der Waals surface area contributed by atoms with Gasteiger partial charge in [-0.1, -0.05) is 18.0 Å². The van der Waals surface area contributed by atoms with Crippen LogP contribution in [0.3, 0.4) is 0 Å². The maximum Gasteiger partial charge on any atom is 0.323 e. The molecular formula is C20H24Cl2N4O2. The van der Waals surface area contributed by atoms with E-state index in [4.69, 9.17) is 17.3 Å². The lowest BCUT2D eigenvalue weighted by Gasteiger charge is -2.17. The smallest absolute Gasteiger partial charge is 0.323 e. The summed E-state index contributed by atoms with van der Waals surface area (Å²) >= 11 is 5.82. The summed E-state index contributed by atoms with van der Waals surface area (Å²) in [6.45, 7) is 0.545. The number of benzene rings is 2. The number of anilines is 3. The zero-order valence-corrected chi connectivity index (χ0v) is 16.9. The van der Waals surface area contributed by atoms with Crippen molar-refractivity contribution in [2.45, 2.75) is 19.3 Å². The van der Waals surface area contributed by atoms with Crippen molar-refractivity contribution in [3.05, 3.63) is 53.6 Å². The van der Waals surface area contributed by atoms with Gasteiger partial charge >= 0.3 is 6.03 Å². The SMILES string of the molecule is Cl.NC[C@H]1CCC[C@H]1C(=O)Nc1ccc(NC(=O)Nc2ccc(Cl)cc2)cc1. The Kier molecular flexibility index (Phi) is 8.11. The third kappa shape index (κ3) is 5.86. The Morgan fingerprint density at radius 3 is 1.93 bits per heavy atom. The topological polar surface area (TPSA) is 96.2 Å². The number of halogens is 2. The van der Waals surface area contributed by atoms with Gasteiger partial charge in [0, 0.05) is 28.0 Å². The Hall–Kier alpha value is -2.28. The van der Waals surface area contributed by atoms with Gasteiger partial charge in [0.25, 0.3) is 0 Å². The molecule has 1 saturated carbocycles. The first-order chi connectivity index (χ1) is 13.0. The Labute approximate surface area is 175 Å². The zero-order valence-electron chi connectivity index (χ0n) is 15.3. The molecule has 2 aromatic carbocycles. The molecule has 8 heteroatoms. The minimum absolute atomic E-state index is 0. The molecule has 0 unspecified atom stereocenters. The average molecular weight is 423 g/mol. The van der Waals surface area contributed by atoms with Crippen molar-refractivity contribution in [2.75, 3.05) is 22.5 Å². The van der Waals surface area contributed by atoms with E-state index in [-0.39, 0.29) is 36.2 Å². The first-order valence-electron chi connectivity index (χ1n) is 8.99. The molecule has 0 aromatic heterocycles. The van der Waals surface area contributed by atoms with Crippen LogP contribution in [-0.2, 0) is 4.79 Å². The Morgan fingerprint density at radius 1 is 0.893 bits per heavy atom. The molecule has 2 atom stereocenters. The number of hydrogen-bond acceptors (Lipinski definition) is 3. The van der Waals surface area contributed by atoms with Gasteiger partial charge < -0.3 is 21.7 Å². The largest absolute Gasteiger partial charge is 0.330 e. The highest BCUT2D eigenvalue weighted by Gasteiger charge is 2.31. The van der Waals surface area contributed by atoms with E-state index in [2.05, 4.69) is 16.0 Å². The second-order valence-corrected chi connectivity index (χ2v) is 7.12. The molecule has 3 rings (SSSR count). The first kappa shape index (κ1) is 22.0. The number of rotatable bonds is 5. The standard InChI is InChI=1S/C20H23ClN4O2.ClH/c21-14-4-6-16(7-5-14)24-20(27)25-17-10-8-15(9-11-17)23-19(26)18-3-1-2-13(18)12-22;/h4-11,13,18H,1-3,12,22H2,(H,23,26)(H2,24,25,27);1H/t13-,18-;/m1./s1. The van der Waals surface area contributed by atoms with E-state index in [1.165, 1.54) is 0 Å². The fraction of sp³-hybridized carbons (Fsp3) is 0.300. The molecule has 0 saturated heterocycles. The Bertz CT molecular complexity index is 797. The van der Waals surface area contributed by atoms with Gasteiger partial charge in [-0.3, -0.25) is 4.79 Å². The van der Waals surface area contributed by atoms with Gasteiger partial charge in [-0.25, -0.2) is 4.79 Å². The molecule has 1 fully saturated rings. The van der Waals surface area contributed by atoms with E-state index in [0.717, 1.165) is 19.3 Å². The van der Waals surface area contributed by atoms with Crippen molar-refractivity contribution in [1.29, 1.82) is 0 Å². The Morgan fingerprint density at radius 2 is 1.39 bits per heavy atom. The van der Waals surface area contributed by atoms with Gasteiger partial charge in [0.1, 0.15) is 0 Å². The number of nitrogens with two attached hydrogens (primary N) is 1. The van der Waals surface area contributed by atoms with Crippen LogP contribution in [0.5, 0.6) is 0 Å². The predicted octanol–water partition coefficient (Wildman–Crippen LogP) is 4.72. The first-order valence-corrected chi connectivity index (χ1v) is 9.37. The van der Waals surface area contributed by atoms with Gasteiger partial charge in [0.15, 0.2) is 0 Å². The maximum atomic E-state index is 12.4. The van der Waals surface area contributed by atoms with Crippen LogP contribution in [0.2, 0.25) is 5.02 Å². The molecule has 1 aliphatic rings. The molecule has 0 aliphatic heterocycles. The molecule has 5 N–H and O–H groups in total. The molecule has 150 valence electrons. The van der Waals surface area contributed by atoms with Crippen LogP contribution < -0.4 is 21.7 Å². The molecular weight excluding hydrogens is 399 g/mol. The minimum atomic E-state index is -0.356. The lowest BCUT2D eigenvalue weighted by Crippen LogP contribution is -2.29. The number of urea groups is 1. The van der Waals surface area contributed by atoms with Crippen LogP contribution in [0.25, 0.3) is 0 Å². The molecule has 0 heterocycles. The molecule has 2 aromatic rings. The van der Waals surface area contributed by atoms with E-state index in [0.29, 0.717) is 28.6 Å². The van der Waals surface area contributed by atoms with Crippen LogP contribution in [0.1, 0.15) is 19.3 Å². The maximum absolute atomic E-state index is 12.4. The van der Waals surface area contributed by atoms with Crippen molar-refractivity contribution in [2.24, 2.45) is 17.6 Å². The monoisotopic (exact) mass is 422 g/mol. The van der Waals surface area contributed by atoms with Crippen molar-refractivity contribution in [1.82, 2.24) is 0 Å². The van der Waals surface area contributed by atoms with Crippen molar-refractivity contribution >= 4 is 53.0 Å². The lowest BCUT2D eigenvalue weighted by molar-refractivity contribution is -0.120. The molecule has 28 heavy (non-hydrogen) atoms. The van der Waals surface area contributed by atoms with Gasteiger partial charge in [-0.15, -0.1) is 12.4 Å². The lowest BCUT2D eigenvalue weighted by atomic mass is 9.95. The molecule has 1 aliphatic carbocycles. The molecule has 6 nitrogen and oxygen atoms in total. The summed E-state index contributed by atoms with van der Waals surface area (Å²) < 4.78 is 0. The molecule has 0 spiro atoms. The normalized spacial score (nSPS) is 18.1. The third-order valence-corrected chi connectivity index (χ3v) is 5.06. The third-order valence-electron chi connectivity index (χ3n) is 4.81. The highest BCUT2D eigenvalue weighted by atomic mass is 35.5. The highest BCUT2D eigenvalue weighted by molar-refractivity contribution is 6.30. The van der Waals surface area contributed by atoms with Gasteiger partial charge in [-0.05, 0) is 73.8 Å². The summed E-state index contributed by atoms with van der Waals surface area (Å²) in [6, 6.07) is 13.5. The molecule has 0 radical (unpaired) electrons. The van der Waals surface area contributed by atoms with Gasteiger partial charge in [0.05, 0.1) is 0 Å². The van der Waals surface area contributed by atoms with Gasteiger partial charge in [0.2, 0.25) is 5.91 Å². The number of amides is 3. The molecule has 3 amide bonds. The van der Waals surface area contributed by atoms with E-state index < -0.39 is 0 Å². The summed E-state index contributed by atoms with van der Waals surface area (Å²) in [7, 11) is 0. The average Bonchev–Trinajstić information content (AvgIpc) is 3.14. The number of carbonyl (C=O) groups excluding carboxylic acids is 2. The second-order valence-electron chi connectivity index (χ2n) is 6.69. The highest BCUT2D eigenvalue weighted by Crippen LogP contribution is 2.32. The predicted molar refractivity (Wildman–Crippen MR) is 116 cm³/mol. The summed E-state index contributed by atoms with van der Waals surface area (Å²) in [5, 5.41) is 9.01. The van der Waals surface area contributed by atoms with E-state index >= 15 is 0 Å². The van der Waals surface area contributed by atoms with Crippen molar-refractivity contribution in [3.63, 3.8) is 0 Å². The zero-order chi connectivity index (χ0) is 19.2. The summed E-state index contributed by atoms with van der Waals surface area (Å²) in [6.07, 6.45) is 2.95. The van der Waals surface area contributed by atoms with Crippen LogP contribution >= 0.6 is 24.0 Å². The van der Waals surface area contributed by atoms with Crippen LogP contribution in [0.15, 0.2) is 48.5 Å². The van der Waals surface area contributed by atoms with E-state index in [9.17, 15) is 9.59 Å². The van der Waals surface area contributed by atoms with Gasteiger partial charge in [-0.2, -0.15) is 0 Å². The van der Waals surface area contributed by atoms with E-state index in [1.807, 2.05) is 0 Å². The number of nitrogens with one attached hydrogen (secondary N) is 3. The summed E-state index contributed by atoms with van der Waals surface area (Å²) in [5.41, 5.74) is 7.72. The number of hydrogen-bond donors (Lipinski definition) is 4. The van der Waals surface area contributed by atoms with Crippen LogP contribution in [0.4, 0.5) is 21.9 Å². The fourth-order valence-corrected chi connectivity index (χ4v) is 3.49. The summed E-state index contributed by atoms with van der Waals surface area (Å²) in [5.74, 6) is 0.268. The minimum Gasteiger partial charge on any atom is -0.330 e. The van der Waals surface area contributed by atoms with Crippen LogP contribution in [0, 0.1) is 11.8 Å². The second kappa shape index (κ2) is 10.3. The van der Waals surface area contributed by atoms with Crippen LogP contribution in [-0.4, -0.2) is 18.5 Å². The Balaban J connectivity index is 0.00000280. The molecule has 0 bridgehead atoms. The number of carbonyl (C=O) groups is 2. The fourth-order valence-electron chi connectivity index (χ4n) is 3.36. The quantitative estimate of drug-likeness (QED) is 0.560. The van der Waals surface area contributed by atoms with E-state index in [1.54, 1.807) is 48.5 Å². The van der Waals surface area contributed by atoms with Crippen molar-refractivity contribution < 1.29 is 9.59 Å².